The molecule has 2 rings (SSSR count). The van der Waals surface area contributed by atoms with Crippen molar-refractivity contribution in [2.24, 2.45) is 0 Å². The topological polar surface area (TPSA) is 107 Å². The Morgan fingerprint density at radius 1 is 1.16 bits per heavy atom. The van der Waals surface area contributed by atoms with Crippen LogP contribution in [0.25, 0.3) is 0 Å². The van der Waals surface area contributed by atoms with Gasteiger partial charge in [0.1, 0.15) is 23.0 Å². The van der Waals surface area contributed by atoms with E-state index in [1.165, 1.54) is 0 Å². The lowest BCUT2D eigenvalue weighted by Crippen LogP contribution is -2.19. The van der Waals surface area contributed by atoms with Crippen LogP contribution < -0.4 is 5.73 Å². The van der Waals surface area contributed by atoms with Crippen molar-refractivity contribution in [2.75, 3.05) is 5.73 Å². The molecule has 0 bridgehead atoms. The van der Waals surface area contributed by atoms with E-state index in [0.717, 1.165) is 12.8 Å². The maximum atomic E-state index is 9.55. The largest absolute Gasteiger partial charge is 0.393 e. The lowest BCUT2D eigenvalue weighted by molar-refractivity contribution is 0.122. The van der Waals surface area contributed by atoms with E-state index in [1.54, 1.807) is 0 Å². The van der Waals surface area contributed by atoms with Gasteiger partial charge in [-0.05, 0) is 37.2 Å². The fourth-order valence-corrected chi connectivity index (χ4v) is 2.89. The van der Waals surface area contributed by atoms with E-state index in [9.17, 15) is 15.6 Å². The third-order valence-corrected chi connectivity index (χ3v) is 3.90. The second kappa shape index (κ2) is 5.48. The molecule has 0 saturated heterocycles. The van der Waals surface area contributed by atoms with Gasteiger partial charge in [-0.15, -0.1) is 12.6 Å². The summed E-state index contributed by atoms with van der Waals surface area (Å²) in [7, 11) is 0. The molecule has 0 radical (unpaired) electrons. The summed E-state index contributed by atoms with van der Waals surface area (Å²) >= 11 is 4.17. The maximum absolute atomic E-state index is 9.55. The molecule has 0 amide bonds. The first-order valence-electron chi connectivity index (χ1n) is 6.09. The van der Waals surface area contributed by atoms with Crippen molar-refractivity contribution >= 4 is 18.4 Å². The molecule has 0 unspecified atom stereocenters. The Kier molecular flexibility index (Phi) is 3.94. The second-order valence-corrected chi connectivity index (χ2v) is 5.14. The molecule has 5 nitrogen and oxygen atoms in total. The minimum atomic E-state index is -0.290. The summed E-state index contributed by atoms with van der Waals surface area (Å²) in [4.78, 5) is 3.93. The number of aromatic nitrogens is 1. The molecule has 1 aliphatic carbocycles. The van der Waals surface area contributed by atoms with E-state index >= 15 is 0 Å². The van der Waals surface area contributed by atoms with Crippen LogP contribution in [0, 0.1) is 22.7 Å². The van der Waals surface area contributed by atoms with Gasteiger partial charge in [-0.1, -0.05) is 0 Å². The molecule has 0 aromatic carbocycles. The van der Waals surface area contributed by atoms with E-state index < -0.39 is 0 Å². The van der Waals surface area contributed by atoms with Crippen molar-refractivity contribution in [3.63, 3.8) is 0 Å². The quantitative estimate of drug-likeness (QED) is 0.676. The zero-order valence-corrected chi connectivity index (χ0v) is 11.2. The smallest absolute Gasteiger partial charge is 0.143 e. The van der Waals surface area contributed by atoms with Crippen LogP contribution in [0.1, 0.15) is 48.3 Å². The van der Waals surface area contributed by atoms with Crippen LogP contribution in [0.5, 0.6) is 0 Å². The van der Waals surface area contributed by atoms with Gasteiger partial charge in [-0.3, -0.25) is 0 Å². The Morgan fingerprint density at radius 2 is 1.74 bits per heavy atom. The number of nitrogens with two attached hydrogens (primary N) is 1. The van der Waals surface area contributed by atoms with Gasteiger partial charge in [0.15, 0.2) is 0 Å². The van der Waals surface area contributed by atoms with Gasteiger partial charge >= 0.3 is 0 Å². The Balaban J connectivity index is 2.55. The summed E-state index contributed by atoms with van der Waals surface area (Å²) < 4.78 is 0. The van der Waals surface area contributed by atoms with Gasteiger partial charge in [0.25, 0.3) is 0 Å². The SMILES string of the molecule is N#Cc1c(N)nc(S)c(C#N)c1[C@H]1CC[C@@H](O)CC1. The predicted octanol–water partition coefficient (Wildman–Crippen LogP) is 1.71. The van der Waals surface area contributed by atoms with Crippen LogP contribution in [0.3, 0.4) is 0 Å². The zero-order valence-electron chi connectivity index (χ0n) is 10.3. The average molecular weight is 274 g/mol. The lowest BCUT2D eigenvalue weighted by atomic mass is 9.79. The van der Waals surface area contributed by atoms with Crippen molar-refractivity contribution in [3.8, 4) is 12.1 Å². The van der Waals surface area contributed by atoms with Crippen LogP contribution in [0.2, 0.25) is 0 Å². The van der Waals surface area contributed by atoms with Crippen molar-refractivity contribution in [1.82, 2.24) is 4.98 Å². The average Bonchev–Trinajstić information content (AvgIpc) is 2.39. The summed E-state index contributed by atoms with van der Waals surface area (Å²) in [6.07, 6.45) is 2.53. The standard InChI is InChI=1S/C13H14N4OS/c14-5-9-11(7-1-3-8(18)4-2-7)10(6-15)13(19)17-12(9)16/h7-8,18H,1-4H2,(H3,16,17,19)/t7-,8+. The summed E-state index contributed by atoms with van der Waals surface area (Å²) in [6.45, 7) is 0. The first kappa shape index (κ1) is 13.7. The number of pyridine rings is 1. The summed E-state index contributed by atoms with van der Waals surface area (Å²) in [5, 5.41) is 28.3. The van der Waals surface area contributed by atoms with Gasteiger partial charge < -0.3 is 10.8 Å². The molecule has 1 fully saturated rings. The van der Waals surface area contributed by atoms with Gasteiger partial charge in [0.05, 0.1) is 17.2 Å². The molecule has 1 aromatic rings. The van der Waals surface area contributed by atoms with E-state index in [2.05, 4.69) is 23.7 Å². The molecular formula is C13H14N4OS. The lowest BCUT2D eigenvalue weighted by Gasteiger charge is -2.27. The van der Waals surface area contributed by atoms with Crippen molar-refractivity contribution in [1.29, 1.82) is 10.5 Å². The molecule has 1 heterocycles. The number of anilines is 1. The van der Waals surface area contributed by atoms with Gasteiger partial charge in [-0.25, -0.2) is 4.98 Å². The highest BCUT2D eigenvalue weighted by Gasteiger charge is 2.28. The monoisotopic (exact) mass is 274 g/mol. The third kappa shape index (κ3) is 2.51. The van der Waals surface area contributed by atoms with Crippen LogP contribution in [0.4, 0.5) is 5.82 Å². The molecule has 98 valence electrons. The molecule has 6 heteroatoms. The Bertz CT molecular complexity index is 542. The normalized spacial score (nSPS) is 22.5. The Morgan fingerprint density at radius 3 is 2.26 bits per heavy atom. The molecular weight excluding hydrogens is 260 g/mol. The van der Waals surface area contributed by atoms with E-state index in [0.29, 0.717) is 24.0 Å². The highest BCUT2D eigenvalue weighted by molar-refractivity contribution is 7.80. The van der Waals surface area contributed by atoms with Gasteiger partial charge in [0, 0.05) is 0 Å². The number of nitrogens with zero attached hydrogens (tertiary/aromatic N) is 3. The van der Waals surface area contributed by atoms with Crippen LogP contribution in [0.15, 0.2) is 5.03 Å². The molecule has 1 aromatic heterocycles. The molecule has 0 aliphatic heterocycles. The van der Waals surface area contributed by atoms with Crippen molar-refractivity contribution in [3.05, 3.63) is 16.7 Å². The minimum Gasteiger partial charge on any atom is -0.393 e. The molecule has 0 atom stereocenters. The molecule has 1 saturated carbocycles. The molecule has 1 aliphatic rings. The highest BCUT2D eigenvalue weighted by Crippen LogP contribution is 2.38. The number of rotatable bonds is 1. The first-order valence-corrected chi connectivity index (χ1v) is 6.53. The number of hydrogen-bond donors (Lipinski definition) is 3. The van der Waals surface area contributed by atoms with E-state index in [4.69, 9.17) is 5.73 Å². The van der Waals surface area contributed by atoms with E-state index in [-0.39, 0.29) is 28.4 Å². The number of thiol groups is 1. The number of aliphatic hydroxyl groups excluding tert-OH is 1. The van der Waals surface area contributed by atoms with Crippen molar-refractivity contribution in [2.45, 2.75) is 42.7 Å². The first-order chi connectivity index (χ1) is 9.08. The van der Waals surface area contributed by atoms with Crippen LogP contribution >= 0.6 is 12.6 Å². The van der Waals surface area contributed by atoms with Crippen molar-refractivity contribution < 1.29 is 5.11 Å². The van der Waals surface area contributed by atoms with Gasteiger partial charge in [-0.2, -0.15) is 10.5 Å². The third-order valence-electron chi connectivity index (χ3n) is 3.57. The zero-order chi connectivity index (χ0) is 14.0. The number of aliphatic hydroxyl groups is 1. The Hall–Kier alpha value is -1.76. The summed E-state index contributed by atoms with van der Waals surface area (Å²) in [5.41, 5.74) is 7.00. The maximum Gasteiger partial charge on any atom is 0.143 e. The number of nitriles is 2. The fraction of sp³-hybridized carbons (Fsp3) is 0.462. The fourth-order valence-electron chi connectivity index (χ4n) is 2.61. The van der Waals surface area contributed by atoms with Gasteiger partial charge in [0.2, 0.25) is 0 Å². The second-order valence-electron chi connectivity index (χ2n) is 4.71. The van der Waals surface area contributed by atoms with Crippen LogP contribution in [-0.2, 0) is 0 Å². The molecule has 19 heavy (non-hydrogen) atoms. The molecule has 3 N–H and O–H groups in total. The van der Waals surface area contributed by atoms with E-state index in [1.807, 2.05) is 6.07 Å². The summed E-state index contributed by atoms with van der Waals surface area (Å²) in [6, 6.07) is 4.11. The highest BCUT2D eigenvalue weighted by atomic mass is 32.1. The minimum absolute atomic E-state index is 0.0592. The number of hydrogen-bond acceptors (Lipinski definition) is 6. The Labute approximate surface area is 117 Å². The summed E-state index contributed by atoms with van der Waals surface area (Å²) in [5.74, 6) is 0.177. The molecule has 0 spiro atoms. The number of nitrogen functional groups attached to an aromatic ring is 1. The van der Waals surface area contributed by atoms with Crippen LogP contribution in [-0.4, -0.2) is 16.2 Å². The predicted molar refractivity (Wildman–Crippen MR) is 72.5 cm³/mol.